The molecule has 14 heavy (non-hydrogen) atoms. The van der Waals surface area contributed by atoms with Crippen molar-refractivity contribution in [2.75, 3.05) is 20.2 Å². The SMILES string of the molecule is COC(=O)C1CN(C(C)C)CCC1N. The first-order chi connectivity index (χ1) is 6.56. The molecule has 82 valence electrons. The van der Waals surface area contributed by atoms with Gasteiger partial charge < -0.3 is 10.5 Å². The van der Waals surface area contributed by atoms with Crippen LogP contribution >= 0.6 is 0 Å². The number of hydrogen-bond acceptors (Lipinski definition) is 4. The van der Waals surface area contributed by atoms with Gasteiger partial charge in [0.05, 0.1) is 13.0 Å². The monoisotopic (exact) mass is 200 g/mol. The molecule has 0 aliphatic carbocycles. The van der Waals surface area contributed by atoms with E-state index in [2.05, 4.69) is 18.7 Å². The van der Waals surface area contributed by atoms with Crippen molar-refractivity contribution in [2.24, 2.45) is 11.7 Å². The van der Waals surface area contributed by atoms with E-state index in [1.165, 1.54) is 7.11 Å². The summed E-state index contributed by atoms with van der Waals surface area (Å²) < 4.78 is 4.74. The summed E-state index contributed by atoms with van der Waals surface area (Å²) in [5, 5.41) is 0. The molecule has 0 radical (unpaired) electrons. The van der Waals surface area contributed by atoms with E-state index in [0.717, 1.165) is 19.5 Å². The predicted molar refractivity (Wildman–Crippen MR) is 54.8 cm³/mol. The minimum Gasteiger partial charge on any atom is -0.469 e. The quantitative estimate of drug-likeness (QED) is 0.648. The van der Waals surface area contributed by atoms with Gasteiger partial charge >= 0.3 is 5.97 Å². The van der Waals surface area contributed by atoms with Crippen LogP contribution in [0.25, 0.3) is 0 Å². The number of piperidine rings is 1. The summed E-state index contributed by atoms with van der Waals surface area (Å²) in [6.45, 7) is 5.97. The number of likely N-dealkylation sites (tertiary alicyclic amines) is 1. The van der Waals surface area contributed by atoms with E-state index < -0.39 is 0 Å². The molecule has 0 saturated carbocycles. The second-order valence-corrected chi connectivity index (χ2v) is 4.17. The van der Waals surface area contributed by atoms with Crippen molar-refractivity contribution in [1.29, 1.82) is 0 Å². The molecule has 1 aliphatic heterocycles. The number of nitrogens with zero attached hydrogens (tertiary/aromatic N) is 1. The van der Waals surface area contributed by atoms with Crippen molar-refractivity contribution in [2.45, 2.75) is 32.4 Å². The molecule has 2 unspecified atom stereocenters. The Balaban J connectivity index is 2.59. The Morgan fingerprint density at radius 1 is 1.57 bits per heavy atom. The maximum absolute atomic E-state index is 11.4. The molecule has 0 amide bonds. The lowest BCUT2D eigenvalue weighted by Crippen LogP contribution is -2.52. The number of esters is 1. The summed E-state index contributed by atoms with van der Waals surface area (Å²) in [7, 11) is 1.42. The number of ether oxygens (including phenoxy) is 1. The molecule has 1 rings (SSSR count). The Morgan fingerprint density at radius 2 is 2.21 bits per heavy atom. The first kappa shape index (κ1) is 11.5. The van der Waals surface area contributed by atoms with Gasteiger partial charge in [0, 0.05) is 18.6 Å². The van der Waals surface area contributed by atoms with Gasteiger partial charge in [0.25, 0.3) is 0 Å². The highest BCUT2D eigenvalue weighted by atomic mass is 16.5. The van der Waals surface area contributed by atoms with Crippen molar-refractivity contribution in [1.82, 2.24) is 4.90 Å². The van der Waals surface area contributed by atoms with Crippen LogP contribution in [0.1, 0.15) is 20.3 Å². The third-order valence-corrected chi connectivity index (χ3v) is 2.93. The Bertz CT molecular complexity index is 206. The van der Waals surface area contributed by atoms with Gasteiger partial charge in [-0.25, -0.2) is 0 Å². The van der Waals surface area contributed by atoms with E-state index in [-0.39, 0.29) is 17.9 Å². The van der Waals surface area contributed by atoms with E-state index in [9.17, 15) is 4.79 Å². The van der Waals surface area contributed by atoms with Gasteiger partial charge in [-0.05, 0) is 26.8 Å². The van der Waals surface area contributed by atoms with Crippen molar-refractivity contribution in [3.8, 4) is 0 Å². The lowest BCUT2D eigenvalue weighted by atomic mass is 9.92. The maximum atomic E-state index is 11.4. The second kappa shape index (κ2) is 4.75. The molecule has 0 aromatic heterocycles. The predicted octanol–water partition coefficient (Wildman–Crippen LogP) is 0.217. The van der Waals surface area contributed by atoms with Crippen LogP contribution in [0.3, 0.4) is 0 Å². The third-order valence-electron chi connectivity index (χ3n) is 2.93. The van der Waals surface area contributed by atoms with Gasteiger partial charge in [0.1, 0.15) is 0 Å². The molecule has 4 heteroatoms. The normalized spacial score (nSPS) is 29.2. The van der Waals surface area contributed by atoms with Crippen LogP contribution in [-0.2, 0) is 9.53 Å². The molecular formula is C10H20N2O2. The highest BCUT2D eigenvalue weighted by Crippen LogP contribution is 2.18. The minimum absolute atomic E-state index is 0.0440. The maximum Gasteiger partial charge on any atom is 0.311 e. The number of methoxy groups -OCH3 is 1. The number of hydrogen-bond donors (Lipinski definition) is 1. The molecule has 0 spiro atoms. The molecule has 4 nitrogen and oxygen atoms in total. The number of nitrogens with two attached hydrogens (primary N) is 1. The van der Waals surface area contributed by atoms with Crippen LogP contribution in [0.5, 0.6) is 0 Å². The Labute approximate surface area is 85.4 Å². The number of carbonyl (C=O) groups excluding carboxylic acids is 1. The summed E-state index contributed by atoms with van der Waals surface area (Å²) in [5.74, 6) is -0.334. The van der Waals surface area contributed by atoms with E-state index in [1.807, 2.05) is 0 Å². The Hall–Kier alpha value is -0.610. The molecule has 0 aromatic rings. The average Bonchev–Trinajstić information content (AvgIpc) is 2.17. The van der Waals surface area contributed by atoms with E-state index in [4.69, 9.17) is 10.5 Å². The van der Waals surface area contributed by atoms with Crippen molar-refractivity contribution in [3.63, 3.8) is 0 Å². The van der Waals surface area contributed by atoms with Gasteiger partial charge in [0.15, 0.2) is 0 Å². The molecule has 0 aromatic carbocycles. The fraction of sp³-hybridized carbons (Fsp3) is 0.900. The molecule has 1 saturated heterocycles. The summed E-state index contributed by atoms with van der Waals surface area (Å²) in [4.78, 5) is 13.7. The second-order valence-electron chi connectivity index (χ2n) is 4.17. The van der Waals surface area contributed by atoms with Gasteiger partial charge in [-0.3, -0.25) is 9.69 Å². The van der Waals surface area contributed by atoms with Crippen molar-refractivity contribution < 1.29 is 9.53 Å². The van der Waals surface area contributed by atoms with Gasteiger partial charge in [-0.1, -0.05) is 0 Å². The van der Waals surface area contributed by atoms with Crippen molar-refractivity contribution >= 4 is 5.97 Å². The summed E-state index contributed by atoms with van der Waals surface area (Å²) in [6, 6.07) is 0.423. The summed E-state index contributed by atoms with van der Waals surface area (Å²) in [6.07, 6.45) is 0.873. The van der Waals surface area contributed by atoms with Crippen LogP contribution in [0, 0.1) is 5.92 Å². The number of carbonyl (C=O) groups is 1. The molecule has 0 bridgehead atoms. The fourth-order valence-electron chi connectivity index (χ4n) is 1.87. The lowest BCUT2D eigenvalue weighted by Gasteiger charge is -2.37. The first-order valence-corrected chi connectivity index (χ1v) is 5.13. The highest BCUT2D eigenvalue weighted by Gasteiger charge is 2.33. The largest absolute Gasteiger partial charge is 0.469 e. The lowest BCUT2D eigenvalue weighted by molar-refractivity contribution is -0.148. The molecule has 1 fully saturated rings. The van der Waals surface area contributed by atoms with Gasteiger partial charge in [-0.15, -0.1) is 0 Å². The Kier molecular flexibility index (Phi) is 3.89. The van der Waals surface area contributed by atoms with Crippen LogP contribution < -0.4 is 5.73 Å². The third kappa shape index (κ3) is 2.45. The average molecular weight is 200 g/mol. The summed E-state index contributed by atoms with van der Waals surface area (Å²) in [5.41, 5.74) is 5.89. The zero-order valence-electron chi connectivity index (χ0n) is 9.19. The minimum atomic E-state index is -0.178. The molecular weight excluding hydrogens is 180 g/mol. The van der Waals surface area contributed by atoms with Crippen LogP contribution in [0.4, 0.5) is 0 Å². The summed E-state index contributed by atoms with van der Waals surface area (Å²) >= 11 is 0. The first-order valence-electron chi connectivity index (χ1n) is 5.13. The van der Waals surface area contributed by atoms with E-state index in [0.29, 0.717) is 6.04 Å². The topological polar surface area (TPSA) is 55.6 Å². The molecule has 1 heterocycles. The van der Waals surface area contributed by atoms with Gasteiger partial charge in [-0.2, -0.15) is 0 Å². The highest BCUT2D eigenvalue weighted by molar-refractivity contribution is 5.73. The standard InChI is InChI=1S/C10H20N2O2/c1-7(2)12-5-4-9(11)8(6-12)10(13)14-3/h7-9H,4-6,11H2,1-3H3. The molecule has 2 atom stereocenters. The van der Waals surface area contributed by atoms with Crippen LogP contribution in [0.2, 0.25) is 0 Å². The molecule has 2 N–H and O–H groups in total. The van der Waals surface area contributed by atoms with E-state index >= 15 is 0 Å². The van der Waals surface area contributed by atoms with Crippen LogP contribution in [0.15, 0.2) is 0 Å². The van der Waals surface area contributed by atoms with Gasteiger partial charge in [0.2, 0.25) is 0 Å². The molecule has 1 aliphatic rings. The number of rotatable bonds is 2. The van der Waals surface area contributed by atoms with Crippen molar-refractivity contribution in [3.05, 3.63) is 0 Å². The zero-order valence-corrected chi connectivity index (χ0v) is 9.19. The zero-order chi connectivity index (χ0) is 10.7. The fourth-order valence-corrected chi connectivity index (χ4v) is 1.87. The smallest absolute Gasteiger partial charge is 0.311 e. The Morgan fingerprint density at radius 3 is 2.71 bits per heavy atom. The van der Waals surface area contributed by atoms with Crippen LogP contribution in [-0.4, -0.2) is 43.2 Å². The van der Waals surface area contributed by atoms with E-state index in [1.54, 1.807) is 0 Å².